The molecular formula is C12H8ClF2NO2S. The van der Waals surface area contributed by atoms with E-state index in [1.54, 1.807) is 24.3 Å². The molecule has 0 unspecified atom stereocenters. The van der Waals surface area contributed by atoms with Gasteiger partial charge in [-0.2, -0.15) is 4.98 Å². The van der Waals surface area contributed by atoms with Crippen molar-refractivity contribution in [2.45, 2.75) is 13.0 Å². The molecule has 0 aliphatic carbocycles. The van der Waals surface area contributed by atoms with Crippen molar-refractivity contribution in [2.75, 3.05) is 0 Å². The number of alkyl halides is 2. The summed E-state index contributed by atoms with van der Waals surface area (Å²) in [5.41, 5.74) is 0.860. The number of rotatable bonds is 5. The topological polar surface area (TPSA) is 39.2 Å². The zero-order valence-electron chi connectivity index (χ0n) is 9.48. The summed E-state index contributed by atoms with van der Waals surface area (Å²) >= 11 is 6.57. The van der Waals surface area contributed by atoms with Crippen LogP contribution in [-0.2, 0) is 6.61 Å². The fourth-order valence-corrected chi connectivity index (χ4v) is 2.08. The Kier molecular flexibility index (Phi) is 4.44. The van der Waals surface area contributed by atoms with E-state index >= 15 is 0 Å². The van der Waals surface area contributed by atoms with E-state index in [1.165, 1.54) is 5.38 Å². The van der Waals surface area contributed by atoms with Gasteiger partial charge in [0.05, 0.1) is 5.38 Å². The zero-order chi connectivity index (χ0) is 13.8. The Labute approximate surface area is 116 Å². The van der Waals surface area contributed by atoms with Crippen LogP contribution in [0, 0.1) is 0 Å². The van der Waals surface area contributed by atoms with Crippen LogP contribution in [0.5, 0.6) is 5.88 Å². The first kappa shape index (κ1) is 13.9. The van der Waals surface area contributed by atoms with E-state index in [1.807, 2.05) is 0 Å². The molecular weight excluding hydrogens is 296 g/mol. The summed E-state index contributed by atoms with van der Waals surface area (Å²) in [6, 6.07) is 6.99. The highest BCUT2D eigenvalue weighted by Gasteiger charge is 2.21. The first-order valence-electron chi connectivity index (χ1n) is 5.21. The van der Waals surface area contributed by atoms with Crippen LogP contribution >= 0.6 is 22.9 Å². The second kappa shape index (κ2) is 6.08. The summed E-state index contributed by atoms with van der Waals surface area (Å²) in [5.74, 6) is -1.13. The lowest BCUT2D eigenvalue weighted by Crippen LogP contribution is -2.09. The van der Waals surface area contributed by atoms with Gasteiger partial charge in [0, 0.05) is 5.02 Å². The predicted molar refractivity (Wildman–Crippen MR) is 68.2 cm³/mol. The van der Waals surface area contributed by atoms with E-state index in [4.69, 9.17) is 16.3 Å². The Balaban J connectivity index is 1.97. The average Bonchev–Trinajstić information content (AvgIpc) is 2.86. The standard InChI is InChI=1S/C12H8ClF2NO2S/c13-8-3-1-7(2-4-8)5-18-9-6-19-12(16-9)10(17)11(14)15/h1-4,6,11H,5H2. The second-order valence-electron chi connectivity index (χ2n) is 3.57. The van der Waals surface area contributed by atoms with Gasteiger partial charge in [0.25, 0.3) is 5.78 Å². The van der Waals surface area contributed by atoms with Gasteiger partial charge in [-0.15, -0.1) is 11.3 Å². The number of carbonyl (C=O) groups excluding carboxylic acids is 1. The molecule has 2 aromatic rings. The van der Waals surface area contributed by atoms with Gasteiger partial charge in [-0.3, -0.25) is 4.79 Å². The van der Waals surface area contributed by atoms with Crippen molar-refractivity contribution in [3.63, 3.8) is 0 Å². The molecule has 0 atom stereocenters. The van der Waals surface area contributed by atoms with E-state index in [0.717, 1.165) is 16.9 Å². The molecule has 0 saturated heterocycles. The number of thiazole rings is 1. The Morgan fingerprint density at radius 2 is 2.05 bits per heavy atom. The quantitative estimate of drug-likeness (QED) is 0.788. The Morgan fingerprint density at radius 3 is 2.68 bits per heavy atom. The molecule has 7 heteroatoms. The molecule has 0 N–H and O–H groups in total. The van der Waals surface area contributed by atoms with E-state index in [0.29, 0.717) is 5.02 Å². The smallest absolute Gasteiger partial charge is 0.303 e. The van der Waals surface area contributed by atoms with Crippen molar-refractivity contribution in [3.8, 4) is 5.88 Å². The van der Waals surface area contributed by atoms with Gasteiger partial charge in [0.2, 0.25) is 5.88 Å². The largest absolute Gasteiger partial charge is 0.472 e. The number of ketones is 1. The van der Waals surface area contributed by atoms with Crippen molar-refractivity contribution in [1.29, 1.82) is 0 Å². The minimum atomic E-state index is -3.05. The first-order chi connectivity index (χ1) is 9.06. The molecule has 19 heavy (non-hydrogen) atoms. The summed E-state index contributed by atoms with van der Waals surface area (Å²) in [6.45, 7) is 0.225. The summed E-state index contributed by atoms with van der Waals surface area (Å²) < 4.78 is 29.7. The number of hydrogen-bond acceptors (Lipinski definition) is 4. The maximum absolute atomic E-state index is 12.2. The third kappa shape index (κ3) is 3.71. The van der Waals surface area contributed by atoms with Crippen LogP contribution in [0.4, 0.5) is 8.78 Å². The zero-order valence-corrected chi connectivity index (χ0v) is 11.0. The lowest BCUT2D eigenvalue weighted by molar-refractivity contribution is 0.0677. The number of ether oxygens (including phenoxy) is 1. The van der Waals surface area contributed by atoms with Crippen molar-refractivity contribution in [3.05, 3.63) is 45.2 Å². The highest BCUT2D eigenvalue weighted by atomic mass is 35.5. The number of nitrogens with zero attached hydrogens (tertiary/aromatic N) is 1. The average molecular weight is 304 g/mol. The van der Waals surface area contributed by atoms with Crippen LogP contribution in [-0.4, -0.2) is 17.2 Å². The minimum absolute atomic E-state index is 0.156. The summed E-state index contributed by atoms with van der Waals surface area (Å²) in [7, 11) is 0. The van der Waals surface area contributed by atoms with Gasteiger partial charge in [0.15, 0.2) is 5.01 Å². The van der Waals surface area contributed by atoms with Gasteiger partial charge in [-0.25, -0.2) is 8.78 Å². The van der Waals surface area contributed by atoms with Gasteiger partial charge in [-0.05, 0) is 17.7 Å². The van der Waals surface area contributed by atoms with Gasteiger partial charge in [0.1, 0.15) is 6.61 Å². The molecule has 1 aromatic heterocycles. The lowest BCUT2D eigenvalue weighted by Gasteiger charge is -2.02. The third-order valence-electron chi connectivity index (χ3n) is 2.19. The van der Waals surface area contributed by atoms with Gasteiger partial charge < -0.3 is 4.74 Å². The van der Waals surface area contributed by atoms with Crippen molar-refractivity contribution in [1.82, 2.24) is 4.98 Å². The van der Waals surface area contributed by atoms with E-state index in [9.17, 15) is 13.6 Å². The fraction of sp³-hybridized carbons (Fsp3) is 0.167. The summed E-state index contributed by atoms with van der Waals surface area (Å²) in [6.07, 6.45) is -3.05. The van der Waals surface area contributed by atoms with Crippen LogP contribution in [0.3, 0.4) is 0 Å². The summed E-state index contributed by atoms with van der Waals surface area (Å²) in [5, 5.41) is 1.79. The molecule has 1 aromatic carbocycles. The maximum Gasteiger partial charge on any atom is 0.303 e. The van der Waals surface area contributed by atoms with Crippen LogP contribution in [0.25, 0.3) is 0 Å². The highest BCUT2D eigenvalue weighted by molar-refractivity contribution is 7.12. The summed E-state index contributed by atoms with van der Waals surface area (Å²) in [4.78, 5) is 14.7. The predicted octanol–water partition coefficient (Wildman–Crippen LogP) is 3.82. The molecule has 2 rings (SSSR count). The maximum atomic E-state index is 12.2. The van der Waals surface area contributed by atoms with Crippen LogP contribution in [0.15, 0.2) is 29.6 Å². The van der Waals surface area contributed by atoms with Crippen LogP contribution < -0.4 is 4.74 Å². The monoisotopic (exact) mass is 303 g/mol. The number of Topliss-reactive ketones (excluding diaryl/α,β-unsaturated/α-hetero) is 1. The van der Waals surface area contributed by atoms with E-state index in [-0.39, 0.29) is 17.5 Å². The van der Waals surface area contributed by atoms with E-state index in [2.05, 4.69) is 4.98 Å². The Hall–Kier alpha value is -1.53. The molecule has 0 amide bonds. The fourth-order valence-electron chi connectivity index (χ4n) is 1.27. The van der Waals surface area contributed by atoms with Gasteiger partial charge in [-0.1, -0.05) is 23.7 Å². The SMILES string of the molecule is O=C(c1nc(OCc2ccc(Cl)cc2)cs1)C(F)F. The van der Waals surface area contributed by atoms with E-state index < -0.39 is 12.2 Å². The Morgan fingerprint density at radius 1 is 1.37 bits per heavy atom. The molecule has 0 bridgehead atoms. The lowest BCUT2D eigenvalue weighted by atomic mass is 10.2. The third-order valence-corrected chi connectivity index (χ3v) is 3.28. The second-order valence-corrected chi connectivity index (χ2v) is 4.87. The molecule has 100 valence electrons. The number of halogens is 3. The number of benzene rings is 1. The van der Waals surface area contributed by atoms with Crippen molar-refractivity contribution in [2.24, 2.45) is 0 Å². The molecule has 1 heterocycles. The number of hydrogen-bond donors (Lipinski definition) is 0. The molecule has 0 radical (unpaired) electrons. The number of carbonyl (C=O) groups is 1. The minimum Gasteiger partial charge on any atom is -0.472 e. The molecule has 0 aliphatic rings. The molecule has 0 saturated carbocycles. The number of aromatic nitrogens is 1. The molecule has 0 spiro atoms. The van der Waals surface area contributed by atoms with Crippen molar-refractivity contribution >= 4 is 28.7 Å². The normalized spacial score (nSPS) is 10.7. The van der Waals surface area contributed by atoms with Gasteiger partial charge >= 0.3 is 6.43 Å². The van der Waals surface area contributed by atoms with Crippen LogP contribution in [0.1, 0.15) is 15.4 Å². The van der Waals surface area contributed by atoms with Crippen molar-refractivity contribution < 1.29 is 18.3 Å². The molecule has 0 fully saturated rings. The first-order valence-corrected chi connectivity index (χ1v) is 6.47. The van der Waals surface area contributed by atoms with Crippen LogP contribution in [0.2, 0.25) is 5.02 Å². The Bertz CT molecular complexity index is 571. The molecule has 3 nitrogen and oxygen atoms in total. The molecule has 0 aliphatic heterocycles. The highest BCUT2D eigenvalue weighted by Crippen LogP contribution is 2.20.